The molecule has 1 aromatic carbocycles. The van der Waals surface area contributed by atoms with Gasteiger partial charge in [-0.2, -0.15) is 0 Å². The van der Waals surface area contributed by atoms with Crippen LogP contribution in [0.5, 0.6) is 0 Å². The molecule has 0 fully saturated rings. The molecule has 2 atom stereocenters. The molecule has 3 heteroatoms. The van der Waals surface area contributed by atoms with E-state index in [9.17, 15) is 5.11 Å². The number of aliphatic hydroxyl groups excluding tert-OH is 1. The average molecular weight is 320 g/mol. The lowest BCUT2D eigenvalue weighted by Crippen LogP contribution is -2.27. The van der Waals surface area contributed by atoms with Crippen molar-refractivity contribution in [3.63, 3.8) is 0 Å². The van der Waals surface area contributed by atoms with E-state index in [4.69, 9.17) is 4.43 Å². The number of hydrogen-bond acceptors (Lipinski definition) is 2. The molecule has 22 heavy (non-hydrogen) atoms. The number of benzene rings is 1. The molecule has 1 radical (unpaired) electrons. The Morgan fingerprint density at radius 3 is 2.36 bits per heavy atom. The maximum Gasteiger partial charge on any atom is 0.214 e. The standard InChI is InChI=1S/C19H31O2Si/c1-18(2,3)17(20)15-10-8-9-14-13(15)11-12-16(14)21-22(7)19(4,5)6/h8-10,16-17,20H,11-12H2,1-7H3/t16-,17?/m0/s1. The van der Waals surface area contributed by atoms with Gasteiger partial charge in [0.05, 0.1) is 12.2 Å². The van der Waals surface area contributed by atoms with E-state index in [2.05, 4.69) is 66.3 Å². The molecule has 1 aliphatic rings. The first-order valence-corrected chi connectivity index (χ1v) is 10.2. The van der Waals surface area contributed by atoms with Gasteiger partial charge in [-0.3, -0.25) is 0 Å². The van der Waals surface area contributed by atoms with Crippen LogP contribution in [0, 0.1) is 5.41 Å². The molecule has 1 unspecified atom stereocenters. The zero-order valence-corrected chi connectivity index (χ0v) is 16.2. The van der Waals surface area contributed by atoms with E-state index in [1.165, 1.54) is 11.1 Å². The van der Waals surface area contributed by atoms with Crippen LogP contribution in [0.2, 0.25) is 11.6 Å². The molecule has 0 spiro atoms. The molecule has 2 rings (SSSR count). The highest BCUT2D eigenvalue weighted by atomic mass is 28.3. The Kier molecular flexibility index (Phi) is 4.91. The van der Waals surface area contributed by atoms with E-state index >= 15 is 0 Å². The molecular weight excluding hydrogens is 288 g/mol. The minimum atomic E-state index is -0.853. The van der Waals surface area contributed by atoms with Crippen molar-refractivity contribution in [3.8, 4) is 0 Å². The minimum Gasteiger partial charge on any atom is -0.409 e. The van der Waals surface area contributed by atoms with Crippen LogP contribution >= 0.6 is 0 Å². The minimum absolute atomic E-state index is 0.140. The van der Waals surface area contributed by atoms with Crippen molar-refractivity contribution in [2.24, 2.45) is 5.41 Å². The maximum atomic E-state index is 10.7. The van der Waals surface area contributed by atoms with Gasteiger partial charge in [0, 0.05) is 0 Å². The summed E-state index contributed by atoms with van der Waals surface area (Å²) in [6.45, 7) is 15.3. The molecular formula is C19H31O2Si. The summed E-state index contributed by atoms with van der Waals surface area (Å²) in [4.78, 5) is 0. The van der Waals surface area contributed by atoms with E-state index in [0.717, 1.165) is 18.4 Å². The molecule has 1 N–H and O–H groups in total. The first-order valence-electron chi connectivity index (χ1n) is 8.32. The lowest BCUT2D eigenvalue weighted by Gasteiger charge is -2.29. The Balaban J connectivity index is 2.27. The molecule has 0 aliphatic heterocycles. The first kappa shape index (κ1) is 17.7. The van der Waals surface area contributed by atoms with Gasteiger partial charge in [-0.15, -0.1) is 0 Å². The number of fused-ring (bicyclic) bond motifs is 1. The summed E-state index contributed by atoms with van der Waals surface area (Å²) in [6.07, 6.45) is 1.85. The fraction of sp³-hybridized carbons (Fsp3) is 0.684. The fourth-order valence-electron chi connectivity index (χ4n) is 2.88. The van der Waals surface area contributed by atoms with Crippen LogP contribution in [0.1, 0.15) is 76.9 Å². The van der Waals surface area contributed by atoms with Gasteiger partial charge < -0.3 is 9.53 Å². The van der Waals surface area contributed by atoms with Gasteiger partial charge in [0.25, 0.3) is 0 Å². The van der Waals surface area contributed by atoms with Crippen molar-refractivity contribution in [2.75, 3.05) is 0 Å². The van der Waals surface area contributed by atoms with E-state index in [-0.39, 0.29) is 16.6 Å². The number of hydrogen-bond donors (Lipinski definition) is 1. The van der Waals surface area contributed by atoms with Gasteiger partial charge in [0.15, 0.2) is 0 Å². The third-order valence-corrected chi connectivity index (χ3v) is 7.49. The van der Waals surface area contributed by atoms with Crippen LogP contribution in [0.15, 0.2) is 18.2 Å². The average Bonchev–Trinajstić information content (AvgIpc) is 2.79. The van der Waals surface area contributed by atoms with E-state index in [1.807, 2.05) is 0 Å². The molecule has 0 saturated carbocycles. The lowest BCUT2D eigenvalue weighted by atomic mass is 9.82. The number of rotatable bonds is 3. The van der Waals surface area contributed by atoms with Crippen molar-refractivity contribution in [1.82, 2.24) is 0 Å². The summed E-state index contributed by atoms with van der Waals surface area (Å²) in [5.41, 5.74) is 3.57. The van der Waals surface area contributed by atoms with Crippen molar-refractivity contribution < 1.29 is 9.53 Å². The Morgan fingerprint density at radius 1 is 1.18 bits per heavy atom. The first-order chi connectivity index (χ1) is 10.0. The summed E-state index contributed by atoms with van der Waals surface area (Å²) < 4.78 is 6.44. The van der Waals surface area contributed by atoms with Crippen molar-refractivity contribution in [2.45, 2.75) is 78.2 Å². The Hall–Kier alpha value is -0.643. The van der Waals surface area contributed by atoms with Crippen LogP contribution in [0.3, 0.4) is 0 Å². The normalized spacial score (nSPS) is 20.3. The molecule has 0 aromatic heterocycles. The zero-order valence-electron chi connectivity index (χ0n) is 15.2. The summed E-state index contributed by atoms with van der Waals surface area (Å²) >= 11 is 0. The third-order valence-electron chi connectivity index (χ3n) is 4.74. The second-order valence-electron chi connectivity index (χ2n) is 8.63. The quantitative estimate of drug-likeness (QED) is 0.777. The van der Waals surface area contributed by atoms with Gasteiger partial charge in [-0.1, -0.05) is 59.7 Å². The summed E-state index contributed by atoms with van der Waals surface area (Å²) in [5, 5.41) is 10.9. The number of aliphatic hydroxyl groups is 1. The molecule has 1 aromatic rings. The zero-order chi connectivity index (χ0) is 16.7. The second kappa shape index (κ2) is 6.10. The lowest BCUT2D eigenvalue weighted by molar-refractivity contribution is 0.0619. The smallest absolute Gasteiger partial charge is 0.214 e. The van der Waals surface area contributed by atoms with Gasteiger partial charge in [-0.25, -0.2) is 0 Å². The van der Waals surface area contributed by atoms with Crippen LogP contribution in [0.4, 0.5) is 0 Å². The highest BCUT2D eigenvalue weighted by Crippen LogP contribution is 2.43. The van der Waals surface area contributed by atoms with Crippen LogP contribution in [-0.2, 0) is 10.8 Å². The second-order valence-corrected chi connectivity index (χ2v) is 11.5. The Labute approximate surface area is 137 Å². The molecule has 1 aliphatic carbocycles. The molecule has 2 nitrogen and oxygen atoms in total. The predicted molar refractivity (Wildman–Crippen MR) is 94.3 cm³/mol. The monoisotopic (exact) mass is 319 g/mol. The summed E-state index contributed by atoms with van der Waals surface area (Å²) in [5.74, 6) is 0. The summed E-state index contributed by atoms with van der Waals surface area (Å²) in [7, 11) is -0.853. The van der Waals surface area contributed by atoms with Crippen LogP contribution in [-0.4, -0.2) is 14.1 Å². The molecule has 123 valence electrons. The van der Waals surface area contributed by atoms with E-state index < -0.39 is 15.1 Å². The van der Waals surface area contributed by atoms with Crippen molar-refractivity contribution in [1.29, 1.82) is 0 Å². The molecule has 0 saturated heterocycles. The topological polar surface area (TPSA) is 29.5 Å². The van der Waals surface area contributed by atoms with E-state index in [1.54, 1.807) is 0 Å². The van der Waals surface area contributed by atoms with Crippen LogP contribution < -0.4 is 0 Å². The Bertz CT molecular complexity index is 525. The fourth-order valence-corrected chi connectivity index (χ4v) is 3.90. The molecule has 0 bridgehead atoms. The van der Waals surface area contributed by atoms with Crippen molar-refractivity contribution in [3.05, 3.63) is 34.9 Å². The van der Waals surface area contributed by atoms with Crippen molar-refractivity contribution >= 4 is 9.04 Å². The maximum absolute atomic E-state index is 10.7. The van der Waals surface area contributed by atoms with E-state index in [0.29, 0.717) is 0 Å². The summed E-state index contributed by atoms with van der Waals surface area (Å²) in [6, 6.07) is 6.34. The van der Waals surface area contributed by atoms with Crippen LogP contribution in [0.25, 0.3) is 0 Å². The highest BCUT2D eigenvalue weighted by molar-refractivity contribution is 6.53. The Morgan fingerprint density at radius 2 is 1.82 bits per heavy atom. The van der Waals surface area contributed by atoms with Gasteiger partial charge in [0.1, 0.15) is 0 Å². The third kappa shape index (κ3) is 3.64. The SMILES string of the molecule is C[Si](O[C@H]1CCc2c(C(O)C(C)(C)C)cccc21)C(C)(C)C. The predicted octanol–water partition coefficient (Wildman–Crippen LogP) is 5.19. The molecule has 0 amide bonds. The van der Waals surface area contributed by atoms with Gasteiger partial charge in [0.2, 0.25) is 9.04 Å². The largest absolute Gasteiger partial charge is 0.409 e. The highest BCUT2D eigenvalue weighted by Gasteiger charge is 2.34. The van der Waals surface area contributed by atoms with Gasteiger partial charge in [-0.05, 0) is 46.5 Å². The molecule has 0 heterocycles. The van der Waals surface area contributed by atoms with Gasteiger partial charge >= 0.3 is 0 Å².